The van der Waals surface area contributed by atoms with Crippen LogP contribution in [0.5, 0.6) is 0 Å². The van der Waals surface area contributed by atoms with Crippen molar-refractivity contribution in [1.29, 1.82) is 0 Å². The first-order valence-electron chi connectivity index (χ1n) is 10.5. The van der Waals surface area contributed by atoms with Gasteiger partial charge in [0.2, 0.25) is 0 Å². The lowest BCUT2D eigenvalue weighted by Crippen LogP contribution is -2.45. The molecule has 0 aliphatic carbocycles. The zero-order valence-electron chi connectivity index (χ0n) is 18.2. The summed E-state index contributed by atoms with van der Waals surface area (Å²) in [6, 6.07) is 8.93. The number of hydrogen-bond acceptors (Lipinski definition) is 5. The largest absolute Gasteiger partial charge is 0.352 e. The molecule has 0 spiro atoms. The molecule has 1 aromatic carbocycles. The van der Waals surface area contributed by atoms with Crippen LogP contribution in [0.2, 0.25) is 0 Å². The molecule has 1 aliphatic heterocycles. The van der Waals surface area contributed by atoms with Crippen molar-refractivity contribution in [3.8, 4) is 0 Å². The van der Waals surface area contributed by atoms with Crippen LogP contribution in [0.1, 0.15) is 33.6 Å². The molecule has 7 heteroatoms. The average Bonchev–Trinajstić information content (AvgIpc) is 3.07. The number of likely N-dealkylation sites (N-methyl/N-ethyl adjacent to an activating group) is 1. The maximum atomic E-state index is 4.57. The lowest BCUT2D eigenvalue weighted by atomic mass is 10.1. The van der Waals surface area contributed by atoms with Crippen molar-refractivity contribution in [1.82, 2.24) is 25.4 Å². The summed E-state index contributed by atoms with van der Waals surface area (Å²) < 4.78 is 0. The number of aromatic nitrogens is 1. The minimum atomic E-state index is 0.698. The van der Waals surface area contributed by atoms with Gasteiger partial charge in [-0.2, -0.15) is 0 Å². The van der Waals surface area contributed by atoms with Crippen molar-refractivity contribution in [2.45, 2.75) is 40.4 Å². The molecule has 2 aromatic rings. The second-order valence-corrected chi connectivity index (χ2v) is 8.84. The van der Waals surface area contributed by atoms with Gasteiger partial charge in [0.25, 0.3) is 0 Å². The van der Waals surface area contributed by atoms with Crippen molar-refractivity contribution >= 4 is 17.3 Å². The van der Waals surface area contributed by atoms with Crippen LogP contribution in [0.15, 0.2) is 29.3 Å². The van der Waals surface area contributed by atoms with Crippen molar-refractivity contribution in [2.75, 3.05) is 39.8 Å². The normalized spacial score (nSPS) is 16.2. The Morgan fingerprint density at radius 2 is 1.62 bits per heavy atom. The third kappa shape index (κ3) is 6.52. The van der Waals surface area contributed by atoms with Crippen LogP contribution in [0.4, 0.5) is 0 Å². The van der Waals surface area contributed by atoms with Gasteiger partial charge in [-0.1, -0.05) is 31.2 Å². The molecular weight excluding hydrogens is 380 g/mol. The molecule has 0 radical (unpaired) electrons. The molecule has 3 rings (SSSR count). The number of rotatable bonds is 7. The molecule has 0 saturated carbocycles. The number of guanidine groups is 1. The monoisotopic (exact) mass is 414 g/mol. The van der Waals surface area contributed by atoms with Crippen molar-refractivity contribution in [2.24, 2.45) is 4.99 Å². The summed E-state index contributed by atoms with van der Waals surface area (Å²) in [5.41, 5.74) is 3.76. The molecule has 2 N–H and O–H groups in total. The number of piperazine rings is 1. The number of nitrogens with zero attached hydrogens (tertiary/aromatic N) is 4. The number of benzene rings is 1. The van der Waals surface area contributed by atoms with Gasteiger partial charge in [0.15, 0.2) is 5.96 Å². The Kier molecular flexibility index (Phi) is 8.03. The van der Waals surface area contributed by atoms with E-state index >= 15 is 0 Å². The molecule has 2 heterocycles. The van der Waals surface area contributed by atoms with E-state index in [1.807, 2.05) is 0 Å². The highest BCUT2D eigenvalue weighted by atomic mass is 32.1. The topological polar surface area (TPSA) is 55.8 Å². The Bertz CT molecular complexity index is 771. The molecule has 1 aromatic heterocycles. The van der Waals surface area contributed by atoms with Gasteiger partial charge in [-0.05, 0) is 31.5 Å². The average molecular weight is 415 g/mol. The fourth-order valence-corrected chi connectivity index (χ4v) is 4.34. The fourth-order valence-electron chi connectivity index (χ4n) is 3.46. The van der Waals surface area contributed by atoms with E-state index in [9.17, 15) is 0 Å². The summed E-state index contributed by atoms with van der Waals surface area (Å²) in [5, 5.41) is 7.83. The van der Waals surface area contributed by atoms with Crippen LogP contribution in [-0.2, 0) is 19.6 Å². The summed E-state index contributed by atoms with van der Waals surface area (Å²) in [6.07, 6.45) is 0. The Balaban J connectivity index is 1.42. The predicted molar refractivity (Wildman–Crippen MR) is 122 cm³/mol. The van der Waals surface area contributed by atoms with E-state index in [1.165, 1.54) is 29.1 Å². The SMILES string of the molecule is CCN1CCN(Cc2ccc(CNC(=NC)NCc3nc(C)c(C)s3)cc2)CC1. The summed E-state index contributed by atoms with van der Waals surface area (Å²) in [6.45, 7) is 14.8. The summed E-state index contributed by atoms with van der Waals surface area (Å²) >= 11 is 1.74. The number of aryl methyl sites for hydroxylation is 2. The van der Waals surface area contributed by atoms with Gasteiger partial charge in [0.1, 0.15) is 5.01 Å². The Morgan fingerprint density at radius 1 is 1.00 bits per heavy atom. The van der Waals surface area contributed by atoms with Crippen molar-refractivity contribution < 1.29 is 0 Å². The molecule has 29 heavy (non-hydrogen) atoms. The molecule has 0 atom stereocenters. The number of nitrogens with one attached hydrogen (secondary N) is 2. The minimum absolute atomic E-state index is 0.698. The molecule has 1 saturated heterocycles. The van der Waals surface area contributed by atoms with E-state index in [4.69, 9.17) is 0 Å². The second kappa shape index (κ2) is 10.7. The van der Waals surface area contributed by atoms with Gasteiger partial charge < -0.3 is 15.5 Å². The molecule has 1 fully saturated rings. The lowest BCUT2D eigenvalue weighted by molar-refractivity contribution is 0.132. The van der Waals surface area contributed by atoms with E-state index in [-0.39, 0.29) is 0 Å². The Hall–Kier alpha value is -1.96. The van der Waals surface area contributed by atoms with Gasteiger partial charge in [0.05, 0.1) is 12.2 Å². The standard InChI is InChI=1S/C22H34N6S/c1-5-27-10-12-28(13-11-27)16-20-8-6-19(7-9-20)14-24-22(23-4)25-15-21-26-17(2)18(3)29-21/h6-9H,5,10-16H2,1-4H3,(H2,23,24,25). The van der Waals surface area contributed by atoms with E-state index in [2.05, 4.69) is 75.4 Å². The van der Waals surface area contributed by atoms with Crippen molar-refractivity contribution in [3.63, 3.8) is 0 Å². The first kappa shape index (κ1) is 21.7. The van der Waals surface area contributed by atoms with E-state index < -0.39 is 0 Å². The minimum Gasteiger partial charge on any atom is -0.352 e. The number of hydrogen-bond donors (Lipinski definition) is 2. The smallest absolute Gasteiger partial charge is 0.191 e. The van der Waals surface area contributed by atoms with Gasteiger partial charge in [-0.15, -0.1) is 11.3 Å². The molecule has 6 nitrogen and oxygen atoms in total. The molecule has 158 valence electrons. The first-order valence-corrected chi connectivity index (χ1v) is 11.3. The highest BCUT2D eigenvalue weighted by Gasteiger charge is 2.15. The van der Waals surface area contributed by atoms with Gasteiger partial charge in [-0.3, -0.25) is 9.89 Å². The maximum absolute atomic E-state index is 4.57. The third-order valence-corrected chi connectivity index (χ3v) is 6.58. The zero-order valence-corrected chi connectivity index (χ0v) is 19.0. The summed E-state index contributed by atoms with van der Waals surface area (Å²) in [4.78, 5) is 15.2. The number of aliphatic imine (C=N–C) groups is 1. The predicted octanol–water partition coefficient (Wildman–Crippen LogP) is 2.76. The molecule has 0 bridgehead atoms. The van der Waals surface area contributed by atoms with Gasteiger partial charge in [0, 0.05) is 51.2 Å². The first-order chi connectivity index (χ1) is 14.1. The molecule has 0 unspecified atom stereocenters. The van der Waals surface area contributed by atoms with Crippen LogP contribution in [0.3, 0.4) is 0 Å². The maximum Gasteiger partial charge on any atom is 0.191 e. The molecule has 0 amide bonds. The van der Waals surface area contributed by atoms with Gasteiger partial charge >= 0.3 is 0 Å². The van der Waals surface area contributed by atoms with E-state index in [0.29, 0.717) is 6.54 Å². The zero-order chi connectivity index (χ0) is 20.6. The van der Waals surface area contributed by atoms with Crippen LogP contribution in [0.25, 0.3) is 0 Å². The molecular formula is C22H34N6S. The van der Waals surface area contributed by atoms with E-state index in [0.717, 1.165) is 49.4 Å². The van der Waals surface area contributed by atoms with Crippen LogP contribution < -0.4 is 10.6 Å². The summed E-state index contributed by atoms with van der Waals surface area (Å²) in [7, 11) is 1.80. The second-order valence-electron chi connectivity index (χ2n) is 7.56. The van der Waals surface area contributed by atoms with Crippen LogP contribution >= 0.6 is 11.3 Å². The molecule has 1 aliphatic rings. The third-order valence-electron chi connectivity index (χ3n) is 5.50. The van der Waals surface area contributed by atoms with Gasteiger partial charge in [-0.25, -0.2) is 4.98 Å². The van der Waals surface area contributed by atoms with Crippen LogP contribution in [-0.4, -0.2) is 60.5 Å². The lowest BCUT2D eigenvalue weighted by Gasteiger charge is -2.34. The fraction of sp³-hybridized carbons (Fsp3) is 0.545. The number of thiazole rings is 1. The quantitative estimate of drug-likeness (QED) is 0.539. The Morgan fingerprint density at radius 3 is 2.21 bits per heavy atom. The van der Waals surface area contributed by atoms with E-state index in [1.54, 1.807) is 18.4 Å². The van der Waals surface area contributed by atoms with Crippen molar-refractivity contribution in [3.05, 3.63) is 51.0 Å². The van der Waals surface area contributed by atoms with Crippen LogP contribution in [0, 0.1) is 13.8 Å². The Labute approximate surface area is 179 Å². The summed E-state index contributed by atoms with van der Waals surface area (Å²) in [5.74, 6) is 0.799. The highest BCUT2D eigenvalue weighted by Crippen LogP contribution is 2.16. The highest BCUT2D eigenvalue weighted by molar-refractivity contribution is 7.11.